The number of furan rings is 1. The lowest BCUT2D eigenvalue weighted by Gasteiger charge is -2.05. The molecule has 2 amide bonds. The van der Waals surface area contributed by atoms with Crippen LogP contribution in [0.3, 0.4) is 0 Å². The standard InChI is InChI=1S/C22H18FN3O4/c1-13-16-4-2-3-5-17(16)30-21(13)22(28)26-25-19(27)10-11-20-24-12-18(29-20)14-6-8-15(23)9-7-14/h2-9,12H,10-11H2,1H3,(H,25,27)(H,26,28). The first-order valence-corrected chi connectivity index (χ1v) is 9.29. The number of nitrogens with zero attached hydrogens (tertiary/aromatic N) is 1. The second-order valence-electron chi connectivity index (χ2n) is 6.68. The molecule has 2 aromatic carbocycles. The number of benzene rings is 2. The van der Waals surface area contributed by atoms with Crippen LogP contribution in [0.25, 0.3) is 22.3 Å². The minimum absolute atomic E-state index is 0.0583. The number of aryl methyl sites for hydroxylation is 2. The zero-order chi connectivity index (χ0) is 21.1. The lowest BCUT2D eigenvalue weighted by atomic mass is 10.1. The molecule has 0 spiro atoms. The van der Waals surface area contributed by atoms with Crippen molar-refractivity contribution in [3.63, 3.8) is 0 Å². The quantitative estimate of drug-likeness (QED) is 0.489. The van der Waals surface area contributed by atoms with Crippen LogP contribution in [0.4, 0.5) is 4.39 Å². The Kier molecular flexibility index (Phi) is 5.30. The summed E-state index contributed by atoms with van der Waals surface area (Å²) in [6.07, 6.45) is 1.82. The minimum atomic E-state index is -0.535. The minimum Gasteiger partial charge on any atom is -0.451 e. The Labute approximate surface area is 170 Å². The summed E-state index contributed by atoms with van der Waals surface area (Å²) < 4.78 is 24.2. The van der Waals surface area contributed by atoms with E-state index < -0.39 is 11.8 Å². The van der Waals surface area contributed by atoms with Crippen molar-refractivity contribution in [1.82, 2.24) is 15.8 Å². The van der Waals surface area contributed by atoms with Gasteiger partial charge in [0.15, 0.2) is 17.4 Å². The van der Waals surface area contributed by atoms with E-state index in [4.69, 9.17) is 8.83 Å². The van der Waals surface area contributed by atoms with Crippen molar-refractivity contribution in [1.29, 1.82) is 0 Å². The Hall–Kier alpha value is -3.94. The number of hydrogen-bond acceptors (Lipinski definition) is 5. The maximum Gasteiger partial charge on any atom is 0.305 e. The van der Waals surface area contributed by atoms with Gasteiger partial charge >= 0.3 is 5.91 Å². The number of rotatable bonds is 5. The van der Waals surface area contributed by atoms with Crippen LogP contribution in [0.1, 0.15) is 28.4 Å². The molecule has 2 aromatic heterocycles. The van der Waals surface area contributed by atoms with Crippen LogP contribution < -0.4 is 10.9 Å². The molecule has 0 bridgehead atoms. The van der Waals surface area contributed by atoms with Crippen LogP contribution in [0, 0.1) is 12.7 Å². The average molecular weight is 407 g/mol. The van der Waals surface area contributed by atoms with Crippen molar-refractivity contribution in [2.45, 2.75) is 19.8 Å². The van der Waals surface area contributed by atoms with Gasteiger partial charge in [-0.2, -0.15) is 0 Å². The highest BCUT2D eigenvalue weighted by Gasteiger charge is 2.18. The number of fused-ring (bicyclic) bond motifs is 1. The molecular formula is C22H18FN3O4. The van der Waals surface area contributed by atoms with Crippen LogP contribution in [-0.4, -0.2) is 16.8 Å². The molecule has 0 unspecified atom stereocenters. The van der Waals surface area contributed by atoms with Gasteiger partial charge in [0.25, 0.3) is 0 Å². The maximum atomic E-state index is 13.0. The molecule has 7 nitrogen and oxygen atoms in total. The topological polar surface area (TPSA) is 97.4 Å². The number of carbonyl (C=O) groups is 2. The lowest BCUT2D eigenvalue weighted by Crippen LogP contribution is -2.41. The van der Waals surface area contributed by atoms with E-state index in [1.165, 1.54) is 18.3 Å². The monoisotopic (exact) mass is 407 g/mol. The van der Waals surface area contributed by atoms with Gasteiger partial charge in [0, 0.05) is 29.4 Å². The van der Waals surface area contributed by atoms with Crippen molar-refractivity contribution in [2.24, 2.45) is 0 Å². The Bertz CT molecular complexity index is 1210. The summed E-state index contributed by atoms with van der Waals surface area (Å²) in [6, 6.07) is 13.1. The Morgan fingerprint density at radius 2 is 1.80 bits per heavy atom. The van der Waals surface area contributed by atoms with Crippen molar-refractivity contribution < 1.29 is 22.8 Å². The average Bonchev–Trinajstić information content (AvgIpc) is 3.36. The third-order valence-electron chi connectivity index (χ3n) is 4.61. The fourth-order valence-corrected chi connectivity index (χ4v) is 3.03. The summed E-state index contributed by atoms with van der Waals surface area (Å²) in [7, 11) is 0. The molecule has 0 saturated carbocycles. The molecule has 0 fully saturated rings. The third-order valence-corrected chi connectivity index (χ3v) is 4.61. The van der Waals surface area contributed by atoms with E-state index >= 15 is 0 Å². The van der Waals surface area contributed by atoms with Gasteiger partial charge in [-0.05, 0) is 37.3 Å². The summed E-state index contributed by atoms with van der Waals surface area (Å²) in [5.74, 6) is -0.281. The molecule has 4 rings (SSSR count). The number of halogens is 1. The third kappa shape index (κ3) is 4.07. The van der Waals surface area contributed by atoms with Crippen molar-refractivity contribution in [3.05, 3.63) is 77.8 Å². The Morgan fingerprint density at radius 1 is 1.03 bits per heavy atom. The van der Waals surface area contributed by atoms with Crippen molar-refractivity contribution >= 4 is 22.8 Å². The predicted octanol–water partition coefficient (Wildman–Crippen LogP) is 3.93. The number of nitrogens with one attached hydrogen (secondary N) is 2. The smallest absolute Gasteiger partial charge is 0.305 e. The van der Waals surface area contributed by atoms with Gasteiger partial charge in [0.05, 0.1) is 6.20 Å². The maximum absolute atomic E-state index is 13.0. The number of amides is 2. The van der Waals surface area contributed by atoms with Gasteiger partial charge < -0.3 is 8.83 Å². The van der Waals surface area contributed by atoms with Crippen LogP contribution in [-0.2, 0) is 11.2 Å². The summed E-state index contributed by atoms with van der Waals surface area (Å²) >= 11 is 0. The first-order valence-electron chi connectivity index (χ1n) is 9.29. The largest absolute Gasteiger partial charge is 0.451 e. The first-order chi connectivity index (χ1) is 14.5. The number of hydrogen-bond donors (Lipinski definition) is 2. The van der Waals surface area contributed by atoms with Gasteiger partial charge in [-0.1, -0.05) is 18.2 Å². The second kappa shape index (κ2) is 8.20. The highest BCUT2D eigenvalue weighted by molar-refractivity contribution is 5.99. The lowest BCUT2D eigenvalue weighted by molar-refractivity contribution is -0.121. The molecule has 152 valence electrons. The number of aromatic nitrogens is 1. The van der Waals surface area contributed by atoms with E-state index in [9.17, 15) is 14.0 Å². The van der Waals surface area contributed by atoms with Gasteiger partial charge in [0.2, 0.25) is 5.91 Å². The van der Waals surface area contributed by atoms with E-state index in [0.717, 1.165) is 5.39 Å². The SMILES string of the molecule is Cc1c(C(=O)NNC(=O)CCc2ncc(-c3ccc(F)cc3)o2)oc2ccccc12. The first kappa shape index (κ1) is 19.4. The summed E-state index contributed by atoms with van der Waals surface area (Å²) in [5.41, 5.74) is 6.70. The van der Waals surface area contributed by atoms with Gasteiger partial charge in [-0.15, -0.1) is 0 Å². The molecule has 2 heterocycles. The molecule has 0 radical (unpaired) electrons. The Morgan fingerprint density at radius 3 is 2.57 bits per heavy atom. The van der Waals surface area contributed by atoms with E-state index in [2.05, 4.69) is 15.8 Å². The summed E-state index contributed by atoms with van der Waals surface area (Å²) in [5, 5.41) is 0.842. The van der Waals surface area contributed by atoms with Gasteiger partial charge in [-0.3, -0.25) is 20.4 Å². The normalized spacial score (nSPS) is 10.9. The van der Waals surface area contributed by atoms with Crippen molar-refractivity contribution in [3.8, 4) is 11.3 Å². The fourth-order valence-electron chi connectivity index (χ4n) is 3.03. The summed E-state index contributed by atoms with van der Waals surface area (Å²) in [6.45, 7) is 1.78. The number of carbonyl (C=O) groups excluding carboxylic acids is 2. The molecule has 0 aliphatic rings. The molecule has 0 atom stereocenters. The van der Waals surface area contributed by atoms with E-state index in [-0.39, 0.29) is 24.4 Å². The molecular weight excluding hydrogens is 389 g/mol. The van der Waals surface area contributed by atoms with Gasteiger partial charge in [0.1, 0.15) is 11.4 Å². The van der Waals surface area contributed by atoms with Gasteiger partial charge in [-0.25, -0.2) is 9.37 Å². The van der Waals surface area contributed by atoms with Crippen LogP contribution in [0.2, 0.25) is 0 Å². The Balaban J connectivity index is 1.30. The number of para-hydroxylation sites is 1. The second-order valence-corrected chi connectivity index (χ2v) is 6.68. The predicted molar refractivity (Wildman–Crippen MR) is 107 cm³/mol. The fraction of sp³-hybridized carbons (Fsp3) is 0.136. The number of oxazole rings is 1. The van der Waals surface area contributed by atoms with E-state index in [0.29, 0.717) is 28.4 Å². The molecule has 30 heavy (non-hydrogen) atoms. The highest BCUT2D eigenvalue weighted by atomic mass is 19.1. The van der Waals surface area contributed by atoms with E-state index in [1.54, 1.807) is 25.1 Å². The highest BCUT2D eigenvalue weighted by Crippen LogP contribution is 2.24. The molecule has 0 aliphatic heterocycles. The van der Waals surface area contributed by atoms with Crippen LogP contribution in [0.5, 0.6) is 0 Å². The van der Waals surface area contributed by atoms with E-state index in [1.807, 2.05) is 18.2 Å². The molecule has 2 N–H and O–H groups in total. The number of hydrazine groups is 1. The zero-order valence-electron chi connectivity index (χ0n) is 16.1. The van der Waals surface area contributed by atoms with Crippen molar-refractivity contribution in [2.75, 3.05) is 0 Å². The molecule has 8 heteroatoms. The zero-order valence-corrected chi connectivity index (χ0v) is 16.1. The molecule has 0 saturated heterocycles. The summed E-state index contributed by atoms with van der Waals surface area (Å²) in [4.78, 5) is 28.5. The molecule has 4 aromatic rings. The van der Waals surface area contributed by atoms with Crippen LogP contribution in [0.15, 0.2) is 63.6 Å². The molecule has 0 aliphatic carbocycles. The van der Waals surface area contributed by atoms with Crippen LogP contribution >= 0.6 is 0 Å².